The first-order valence-corrected chi connectivity index (χ1v) is 10.2. The van der Waals surface area contributed by atoms with Gasteiger partial charge in [-0.25, -0.2) is 15.0 Å². The van der Waals surface area contributed by atoms with Gasteiger partial charge in [0.05, 0.1) is 11.4 Å². The van der Waals surface area contributed by atoms with Crippen LogP contribution in [0.5, 0.6) is 0 Å². The van der Waals surface area contributed by atoms with Gasteiger partial charge in [-0.3, -0.25) is 9.78 Å². The van der Waals surface area contributed by atoms with Crippen molar-refractivity contribution in [1.29, 1.82) is 0 Å². The third-order valence-electron chi connectivity index (χ3n) is 4.90. The van der Waals surface area contributed by atoms with Crippen molar-refractivity contribution < 1.29 is 0 Å². The predicted molar refractivity (Wildman–Crippen MR) is 120 cm³/mol. The molecule has 0 atom stereocenters. The van der Waals surface area contributed by atoms with Crippen LogP contribution in [0.4, 0.5) is 17.6 Å². The molecule has 1 fully saturated rings. The predicted octanol–water partition coefficient (Wildman–Crippen LogP) is 3.34. The summed E-state index contributed by atoms with van der Waals surface area (Å²) in [5.74, 6) is 0.972. The Hall–Kier alpha value is -2.68. The van der Waals surface area contributed by atoms with Crippen molar-refractivity contribution in [1.82, 2.24) is 24.8 Å². The fourth-order valence-corrected chi connectivity index (χ4v) is 3.81. The Morgan fingerprint density at radius 1 is 1.03 bits per heavy atom. The Kier molecular flexibility index (Phi) is 5.90. The molecule has 1 aliphatic rings. The van der Waals surface area contributed by atoms with E-state index in [-0.39, 0.29) is 11.5 Å². The first kappa shape index (κ1) is 20.6. The molecule has 1 saturated heterocycles. The number of hydrogen-bond donors (Lipinski definition) is 2. The van der Waals surface area contributed by atoms with Crippen LogP contribution in [0.2, 0.25) is 10.0 Å². The highest BCUT2D eigenvalue weighted by Gasteiger charge is 2.18. The lowest BCUT2D eigenvalue weighted by molar-refractivity contribution is 0.311. The molecule has 2 aromatic heterocycles. The molecule has 0 spiro atoms. The third-order valence-corrected chi connectivity index (χ3v) is 5.33. The molecular formula is C20H21Cl2N7O. The van der Waals surface area contributed by atoms with Gasteiger partial charge in [0.15, 0.2) is 0 Å². The maximum Gasteiger partial charge on any atom is 0.252 e. The van der Waals surface area contributed by atoms with Gasteiger partial charge in [0.2, 0.25) is 11.9 Å². The number of H-pyrrole nitrogens is 1. The van der Waals surface area contributed by atoms with Crippen LogP contribution < -0.4 is 15.8 Å². The summed E-state index contributed by atoms with van der Waals surface area (Å²) >= 11 is 12.1. The molecule has 3 aromatic rings. The number of likely N-dealkylation sites (N-methyl/N-ethyl adjacent to an activating group) is 1. The first-order valence-electron chi connectivity index (χ1n) is 9.49. The zero-order valence-corrected chi connectivity index (χ0v) is 18.1. The molecule has 156 valence electrons. The molecule has 10 heteroatoms. The number of hydrogen-bond acceptors (Lipinski definition) is 7. The minimum atomic E-state index is -0.293. The van der Waals surface area contributed by atoms with Crippen LogP contribution in [0.3, 0.4) is 0 Å². The Balaban J connectivity index is 1.61. The van der Waals surface area contributed by atoms with E-state index in [1.807, 2.05) is 6.92 Å². The summed E-state index contributed by atoms with van der Waals surface area (Å²) in [7, 11) is 2.11. The number of halogens is 2. The lowest BCUT2D eigenvalue weighted by Crippen LogP contribution is -2.45. The van der Waals surface area contributed by atoms with Gasteiger partial charge in [-0.15, -0.1) is 0 Å². The van der Waals surface area contributed by atoms with Crippen LogP contribution in [0, 0.1) is 6.92 Å². The molecule has 4 rings (SSSR count). The van der Waals surface area contributed by atoms with Crippen molar-refractivity contribution in [3.05, 3.63) is 56.6 Å². The quantitative estimate of drug-likeness (QED) is 0.636. The highest BCUT2D eigenvalue weighted by molar-refractivity contribution is 6.35. The largest absolute Gasteiger partial charge is 0.338 e. The van der Waals surface area contributed by atoms with E-state index in [0.717, 1.165) is 31.9 Å². The Labute approximate surface area is 183 Å². The molecule has 2 N–H and O–H groups in total. The summed E-state index contributed by atoms with van der Waals surface area (Å²) in [5.41, 5.74) is 2.26. The number of rotatable bonds is 4. The molecule has 3 heterocycles. The van der Waals surface area contributed by atoms with E-state index in [1.165, 1.54) is 6.07 Å². The van der Waals surface area contributed by atoms with E-state index in [9.17, 15) is 4.79 Å². The van der Waals surface area contributed by atoms with Crippen molar-refractivity contribution in [3.8, 4) is 11.3 Å². The number of piperazine rings is 1. The van der Waals surface area contributed by atoms with Gasteiger partial charge >= 0.3 is 0 Å². The summed E-state index contributed by atoms with van der Waals surface area (Å²) in [5, 5.41) is 3.99. The second-order valence-corrected chi connectivity index (χ2v) is 8.09. The molecule has 0 unspecified atom stereocenters. The smallest absolute Gasteiger partial charge is 0.252 e. The molecule has 1 aromatic carbocycles. The van der Waals surface area contributed by atoms with E-state index < -0.39 is 0 Å². The molecule has 0 aliphatic carbocycles. The zero-order valence-electron chi connectivity index (χ0n) is 16.6. The fraction of sp³-hybridized carbons (Fsp3) is 0.300. The maximum absolute atomic E-state index is 12.2. The minimum absolute atomic E-state index is 0.276. The molecule has 0 amide bonds. The Bertz CT molecular complexity index is 1110. The molecule has 30 heavy (non-hydrogen) atoms. The highest BCUT2D eigenvalue weighted by atomic mass is 35.5. The van der Waals surface area contributed by atoms with E-state index in [0.29, 0.717) is 32.9 Å². The van der Waals surface area contributed by atoms with Gasteiger partial charge in [-0.1, -0.05) is 23.2 Å². The summed E-state index contributed by atoms with van der Waals surface area (Å²) < 4.78 is 0. The first-order chi connectivity index (χ1) is 14.4. The molecule has 0 saturated carbocycles. The second-order valence-electron chi connectivity index (χ2n) is 7.22. The third kappa shape index (κ3) is 4.72. The Morgan fingerprint density at radius 2 is 1.73 bits per heavy atom. The summed E-state index contributed by atoms with van der Waals surface area (Å²) in [6.07, 6.45) is 1.72. The van der Waals surface area contributed by atoms with Crippen LogP contribution in [0.15, 0.2) is 35.3 Å². The van der Waals surface area contributed by atoms with Crippen molar-refractivity contribution in [2.24, 2.45) is 0 Å². The topological polar surface area (TPSA) is 90.0 Å². The van der Waals surface area contributed by atoms with Gasteiger partial charge in [-0.05, 0) is 32.2 Å². The van der Waals surface area contributed by atoms with E-state index >= 15 is 0 Å². The van der Waals surface area contributed by atoms with E-state index in [2.05, 4.69) is 42.1 Å². The van der Waals surface area contributed by atoms with E-state index in [1.54, 1.807) is 24.4 Å². The number of nitrogens with one attached hydrogen (secondary N) is 2. The van der Waals surface area contributed by atoms with E-state index in [4.69, 9.17) is 23.2 Å². The van der Waals surface area contributed by atoms with Gasteiger partial charge in [0.25, 0.3) is 5.56 Å². The number of benzene rings is 1. The zero-order chi connectivity index (χ0) is 21.3. The maximum atomic E-state index is 12.2. The average Bonchev–Trinajstić information content (AvgIpc) is 2.67. The number of anilines is 3. The second kappa shape index (κ2) is 8.59. The lowest BCUT2D eigenvalue weighted by atomic mass is 10.2. The fourth-order valence-electron chi connectivity index (χ4n) is 3.28. The molecule has 0 bridgehead atoms. The average molecular weight is 446 g/mol. The highest BCUT2D eigenvalue weighted by Crippen LogP contribution is 2.25. The normalized spacial score (nSPS) is 14.7. The molecule has 1 aliphatic heterocycles. The van der Waals surface area contributed by atoms with Gasteiger partial charge in [0, 0.05) is 59.7 Å². The minimum Gasteiger partial charge on any atom is -0.338 e. The number of aromatic nitrogens is 4. The molecule has 0 radical (unpaired) electrons. The summed E-state index contributed by atoms with van der Waals surface area (Å²) in [6.45, 7) is 5.61. The number of nitrogens with zero attached hydrogens (tertiary/aromatic N) is 5. The number of aryl methyl sites for hydroxylation is 1. The lowest BCUT2D eigenvalue weighted by Gasteiger charge is -2.32. The van der Waals surface area contributed by atoms with Gasteiger partial charge < -0.3 is 15.1 Å². The Morgan fingerprint density at radius 3 is 2.40 bits per heavy atom. The van der Waals surface area contributed by atoms with Crippen molar-refractivity contribution in [2.75, 3.05) is 43.4 Å². The molecular weight excluding hydrogens is 425 g/mol. The van der Waals surface area contributed by atoms with Gasteiger partial charge in [-0.2, -0.15) is 0 Å². The summed E-state index contributed by atoms with van der Waals surface area (Å²) in [4.78, 5) is 33.0. The van der Waals surface area contributed by atoms with Crippen LogP contribution in [-0.2, 0) is 0 Å². The monoisotopic (exact) mass is 445 g/mol. The SMILES string of the molecule is Cc1nc(N2CCN(C)CC2)ncc1-c1cc(=O)[nH]c(Nc2cc(Cl)cc(Cl)c2)n1. The van der Waals surface area contributed by atoms with Crippen molar-refractivity contribution in [2.45, 2.75) is 6.92 Å². The van der Waals surface area contributed by atoms with Crippen LogP contribution >= 0.6 is 23.2 Å². The van der Waals surface area contributed by atoms with Crippen LogP contribution in [0.1, 0.15) is 5.69 Å². The van der Waals surface area contributed by atoms with Crippen LogP contribution in [-0.4, -0.2) is 58.1 Å². The summed E-state index contributed by atoms with van der Waals surface area (Å²) in [6, 6.07) is 6.44. The van der Waals surface area contributed by atoms with Gasteiger partial charge in [0.1, 0.15) is 0 Å². The standard InChI is InChI=1S/C20H21Cl2N7O/c1-12-16(11-23-20(24-12)29-5-3-28(2)4-6-29)17-10-18(30)27-19(26-17)25-15-8-13(21)7-14(22)9-15/h7-11H,3-6H2,1-2H3,(H2,25,26,27,30). The van der Waals surface area contributed by atoms with Crippen LogP contribution in [0.25, 0.3) is 11.3 Å². The van der Waals surface area contributed by atoms with Crippen molar-refractivity contribution >= 4 is 40.8 Å². The number of aromatic amines is 1. The molecule has 8 nitrogen and oxygen atoms in total. The van der Waals surface area contributed by atoms with Crippen molar-refractivity contribution in [3.63, 3.8) is 0 Å².